The van der Waals surface area contributed by atoms with E-state index in [0.29, 0.717) is 24.0 Å². The summed E-state index contributed by atoms with van der Waals surface area (Å²) in [4.78, 5) is 18.2. The smallest absolute Gasteiger partial charge is 0.224 e. The molecule has 1 aliphatic rings. The monoisotopic (exact) mass is 281 g/mol. The van der Waals surface area contributed by atoms with Gasteiger partial charge in [0.25, 0.3) is 0 Å². The number of carbonyl (C=O) groups is 1. The van der Waals surface area contributed by atoms with Gasteiger partial charge in [-0.15, -0.1) is 0 Å². The lowest BCUT2D eigenvalue weighted by Crippen LogP contribution is -2.42. The van der Waals surface area contributed by atoms with Gasteiger partial charge in [0, 0.05) is 31.7 Å². The summed E-state index contributed by atoms with van der Waals surface area (Å²) in [5, 5.41) is 3.75. The van der Waals surface area contributed by atoms with E-state index < -0.39 is 0 Å². The quantitative estimate of drug-likeness (QED) is 0.923. The molecule has 1 aromatic rings. The van der Waals surface area contributed by atoms with Crippen molar-refractivity contribution in [1.82, 2.24) is 9.88 Å². The van der Waals surface area contributed by atoms with E-state index in [4.69, 9.17) is 11.6 Å². The van der Waals surface area contributed by atoms with Gasteiger partial charge in [-0.25, -0.2) is 4.98 Å². The zero-order valence-corrected chi connectivity index (χ0v) is 12.0. The maximum atomic E-state index is 12.1. The molecule has 104 valence electrons. The number of halogens is 1. The Kier molecular flexibility index (Phi) is 5.02. The van der Waals surface area contributed by atoms with Gasteiger partial charge < -0.3 is 10.2 Å². The molecule has 2 heterocycles. The number of nitrogens with one attached hydrogen (secondary N) is 1. The molecule has 1 amide bonds. The van der Waals surface area contributed by atoms with Gasteiger partial charge in [-0.05, 0) is 38.3 Å². The standard InChI is InChI=1S/C14H20ClN3O/c1-11-4-2-3-9-18(11)14(19)7-8-16-13-6-5-12(15)10-17-13/h5-6,10-11H,2-4,7-9H2,1H3,(H,16,17)/t11-/m0/s1. The average Bonchev–Trinajstić information content (AvgIpc) is 2.41. The summed E-state index contributed by atoms with van der Waals surface area (Å²) in [6.45, 7) is 3.64. The molecule has 0 spiro atoms. The van der Waals surface area contributed by atoms with Gasteiger partial charge in [0.1, 0.15) is 5.82 Å². The molecule has 0 radical (unpaired) electrons. The number of nitrogens with zero attached hydrogens (tertiary/aromatic N) is 2. The molecule has 0 unspecified atom stereocenters. The summed E-state index contributed by atoms with van der Waals surface area (Å²) in [5.41, 5.74) is 0. The number of anilines is 1. The summed E-state index contributed by atoms with van der Waals surface area (Å²) in [6.07, 6.45) is 5.59. The van der Waals surface area contributed by atoms with Gasteiger partial charge in [0.2, 0.25) is 5.91 Å². The number of pyridine rings is 1. The molecule has 0 saturated carbocycles. The number of amides is 1. The van der Waals surface area contributed by atoms with Crippen molar-refractivity contribution < 1.29 is 4.79 Å². The fourth-order valence-electron chi connectivity index (χ4n) is 2.39. The molecule has 1 N–H and O–H groups in total. The Morgan fingerprint density at radius 1 is 1.53 bits per heavy atom. The van der Waals surface area contributed by atoms with Gasteiger partial charge in [0.05, 0.1) is 5.02 Å². The fraction of sp³-hybridized carbons (Fsp3) is 0.571. The zero-order chi connectivity index (χ0) is 13.7. The lowest BCUT2D eigenvalue weighted by molar-refractivity contribution is -0.134. The molecular weight excluding hydrogens is 262 g/mol. The first-order chi connectivity index (χ1) is 9.16. The fourth-order valence-corrected chi connectivity index (χ4v) is 2.50. The molecule has 0 bridgehead atoms. The Labute approximate surface area is 119 Å². The van der Waals surface area contributed by atoms with E-state index in [0.717, 1.165) is 25.2 Å². The summed E-state index contributed by atoms with van der Waals surface area (Å²) in [6, 6.07) is 3.98. The van der Waals surface area contributed by atoms with Crippen LogP contribution in [-0.4, -0.2) is 34.9 Å². The topological polar surface area (TPSA) is 45.2 Å². The third-order valence-corrected chi connectivity index (χ3v) is 3.72. The Morgan fingerprint density at radius 3 is 3.05 bits per heavy atom. The second-order valence-corrected chi connectivity index (χ2v) is 5.41. The van der Waals surface area contributed by atoms with Crippen molar-refractivity contribution in [1.29, 1.82) is 0 Å². The van der Waals surface area contributed by atoms with Crippen molar-refractivity contribution in [3.8, 4) is 0 Å². The number of piperidine rings is 1. The minimum atomic E-state index is 0.230. The van der Waals surface area contributed by atoms with Crippen molar-refractivity contribution in [2.24, 2.45) is 0 Å². The molecule has 5 heteroatoms. The zero-order valence-electron chi connectivity index (χ0n) is 11.2. The third-order valence-electron chi connectivity index (χ3n) is 3.50. The first kappa shape index (κ1) is 14.1. The van der Waals surface area contributed by atoms with Crippen LogP contribution in [0, 0.1) is 0 Å². The molecule has 2 rings (SSSR count). The van der Waals surface area contributed by atoms with Crippen molar-refractivity contribution >= 4 is 23.3 Å². The van der Waals surface area contributed by atoms with E-state index in [9.17, 15) is 4.79 Å². The van der Waals surface area contributed by atoms with Crippen molar-refractivity contribution in [3.05, 3.63) is 23.4 Å². The normalized spacial score (nSPS) is 19.3. The van der Waals surface area contributed by atoms with Gasteiger partial charge >= 0.3 is 0 Å². The molecule has 0 aliphatic carbocycles. The highest BCUT2D eigenvalue weighted by Crippen LogP contribution is 2.17. The Morgan fingerprint density at radius 2 is 2.37 bits per heavy atom. The van der Waals surface area contributed by atoms with E-state index >= 15 is 0 Å². The lowest BCUT2D eigenvalue weighted by Gasteiger charge is -2.33. The summed E-state index contributed by atoms with van der Waals surface area (Å²) in [7, 11) is 0. The highest BCUT2D eigenvalue weighted by Gasteiger charge is 2.22. The average molecular weight is 282 g/mol. The van der Waals surface area contributed by atoms with E-state index in [1.165, 1.54) is 6.42 Å². The highest BCUT2D eigenvalue weighted by molar-refractivity contribution is 6.30. The van der Waals surface area contributed by atoms with Crippen molar-refractivity contribution in [3.63, 3.8) is 0 Å². The van der Waals surface area contributed by atoms with Crippen molar-refractivity contribution in [2.75, 3.05) is 18.4 Å². The van der Waals surface area contributed by atoms with Crippen LogP contribution in [0.3, 0.4) is 0 Å². The predicted molar refractivity (Wildman–Crippen MR) is 77.4 cm³/mol. The van der Waals surface area contributed by atoms with Crippen LogP contribution in [-0.2, 0) is 4.79 Å². The van der Waals surface area contributed by atoms with Crippen LogP contribution < -0.4 is 5.32 Å². The van der Waals surface area contributed by atoms with Crippen LogP contribution in [0.15, 0.2) is 18.3 Å². The summed E-state index contributed by atoms with van der Waals surface area (Å²) >= 11 is 5.76. The van der Waals surface area contributed by atoms with Gasteiger partial charge in [0.15, 0.2) is 0 Å². The Bertz CT molecular complexity index is 421. The van der Waals surface area contributed by atoms with Crippen LogP contribution in [0.2, 0.25) is 5.02 Å². The number of hydrogen-bond acceptors (Lipinski definition) is 3. The van der Waals surface area contributed by atoms with E-state index in [1.807, 2.05) is 11.0 Å². The molecule has 19 heavy (non-hydrogen) atoms. The highest BCUT2D eigenvalue weighted by atomic mass is 35.5. The van der Waals surface area contributed by atoms with E-state index in [2.05, 4.69) is 17.2 Å². The van der Waals surface area contributed by atoms with E-state index in [1.54, 1.807) is 12.3 Å². The number of aromatic nitrogens is 1. The van der Waals surface area contributed by atoms with Crippen LogP contribution in [0.5, 0.6) is 0 Å². The molecule has 1 aromatic heterocycles. The lowest BCUT2D eigenvalue weighted by atomic mass is 10.0. The minimum Gasteiger partial charge on any atom is -0.370 e. The first-order valence-electron chi connectivity index (χ1n) is 6.82. The minimum absolute atomic E-state index is 0.230. The number of likely N-dealkylation sites (tertiary alicyclic amines) is 1. The molecular formula is C14H20ClN3O. The molecule has 1 fully saturated rings. The Hall–Kier alpha value is -1.29. The van der Waals surface area contributed by atoms with Crippen LogP contribution in [0.4, 0.5) is 5.82 Å². The largest absolute Gasteiger partial charge is 0.370 e. The van der Waals surface area contributed by atoms with Gasteiger partial charge in [-0.1, -0.05) is 11.6 Å². The van der Waals surface area contributed by atoms with Crippen LogP contribution >= 0.6 is 11.6 Å². The number of carbonyl (C=O) groups excluding carboxylic acids is 1. The van der Waals surface area contributed by atoms with Gasteiger partial charge in [-0.3, -0.25) is 4.79 Å². The maximum Gasteiger partial charge on any atom is 0.224 e. The second kappa shape index (κ2) is 6.75. The summed E-state index contributed by atoms with van der Waals surface area (Å²) in [5.74, 6) is 0.984. The number of hydrogen-bond donors (Lipinski definition) is 1. The first-order valence-corrected chi connectivity index (χ1v) is 7.19. The van der Waals surface area contributed by atoms with Gasteiger partial charge in [-0.2, -0.15) is 0 Å². The molecule has 1 saturated heterocycles. The molecule has 4 nitrogen and oxygen atoms in total. The molecule has 1 aliphatic heterocycles. The molecule has 1 atom stereocenters. The number of rotatable bonds is 4. The SMILES string of the molecule is C[C@H]1CCCCN1C(=O)CCNc1ccc(Cl)cn1. The van der Waals surface area contributed by atoms with Crippen LogP contribution in [0.1, 0.15) is 32.6 Å². The van der Waals surface area contributed by atoms with E-state index in [-0.39, 0.29) is 5.91 Å². The third kappa shape index (κ3) is 4.10. The van der Waals surface area contributed by atoms with Crippen LogP contribution in [0.25, 0.3) is 0 Å². The molecule has 0 aromatic carbocycles. The predicted octanol–water partition coefficient (Wildman–Crippen LogP) is 2.94. The van der Waals surface area contributed by atoms with Crippen molar-refractivity contribution in [2.45, 2.75) is 38.6 Å². The Balaban J connectivity index is 1.75. The summed E-state index contributed by atoms with van der Waals surface area (Å²) < 4.78 is 0. The maximum absolute atomic E-state index is 12.1. The second-order valence-electron chi connectivity index (χ2n) is 4.97.